The maximum absolute atomic E-state index is 12.4. The number of rotatable bonds is 5. The standard InChI is InChI=1S/C23H20N2O4/c1-15-5-3-4-6-20(15)22(27)25-19-13-11-18(12-14-19)24-21(26)16-7-9-17(10-8-16)23(28)29-2/h3-14H,1-2H3,(H,24,26)(H,25,27). The fraction of sp³-hybridized carbons (Fsp3) is 0.0870. The van der Waals surface area contributed by atoms with Gasteiger partial charge in [-0.1, -0.05) is 18.2 Å². The van der Waals surface area contributed by atoms with Crippen molar-refractivity contribution in [2.75, 3.05) is 17.7 Å². The van der Waals surface area contributed by atoms with Crippen LogP contribution < -0.4 is 10.6 Å². The van der Waals surface area contributed by atoms with E-state index in [0.29, 0.717) is 28.1 Å². The molecule has 0 aliphatic rings. The fourth-order valence-electron chi connectivity index (χ4n) is 2.74. The zero-order valence-electron chi connectivity index (χ0n) is 16.1. The van der Waals surface area contributed by atoms with E-state index >= 15 is 0 Å². The summed E-state index contributed by atoms with van der Waals surface area (Å²) >= 11 is 0. The third kappa shape index (κ3) is 4.87. The summed E-state index contributed by atoms with van der Waals surface area (Å²) in [7, 11) is 1.30. The first-order valence-corrected chi connectivity index (χ1v) is 8.94. The van der Waals surface area contributed by atoms with Crippen molar-refractivity contribution in [3.8, 4) is 0 Å². The molecule has 0 atom stereocenters. The molecule has 0 saturated heterocycles. The monoisotopic (exact) mass is 388 g/mol. The first-order chi connectivity index (χ1) is 14.0. The Bertz CT molecular complexity index is 1040. The summed E-state index contributed by atoms with van der Waals surface area (Å²) < 4.78 is 4.64. The minimum atomic E-state index is -0.458. The maximum atomic E-state index is 12.4. The average molecular weight is 388 g/mol. The highest BCUT2D eigenvalue weighted by molar-refractivity contribution is 6.06. The maximum Gasteiger partial charge on any atom is 0.337 e. The number of methoxy groups -OCH3 is 1. The van der Waals surface area contributed by atoms with Gasteiger partial charge in [-0.3, -0.25) is 9.59 Å². The Balaban J connectivity index is 1.63. The van der Waals surface area contributed by atoms with Crippen molar-refractivity contribution < 1.29 is 19.1 Å². The number of aryl methyl sites for hydroxylation is 1. The zero-order valence-corrected chi connectivity index (χ0v) is 16.1. The Morgan fingerprint density at radius 3 is 1.76 bits per heavy atom. The number of hydrogen-bond acceptors (Lipinski definition) is 4. The summed E-state index contributed by atoms with van der Waals surface area (Å²) in [4.78, 5) is 36.2. The van der Waals surface area contributed by atoms with Gasteiger partial charge in [0.1, 0.15) is 0 Å². The summed E-state index contributed by atoms with van der Waals surface area (Å²) in [5.74, 6) is -0.955. The van der Waals surface area contributed by atoms with Crippen LogP contribution in [0.1, 0.15) is 36.6 Å². The predicted molar refractivity (Wildman–Crippen MR) is 111 cm³/mol. The number of carbonyl (C=O) groups is 3. The van der Waals surface area contributed by atoms with Crippen LogP contribution in [0.15, 0.2) is 72.8 Å². The van der Waals surface area contributed by atoms with Gasteiger partial charge in [0.2, 0.25) is 0 Å². The molecule has 0 saturated carbocycles. The second-order valence-corrected chi connectivity index (χ2v) is 6.37. The minimum Gasteiger partial charge on any atom is -0.465 e. The zero-order chi connectivity index (χ0) is 20.8. The molecule has 146 valence electrons. The van der Waals surface area contributed by atoms with Crippen molar-refractivity contribution in [3.05, 3.63) is 95.1 Å². The van der Waals surface area contributed by atoms with Crippen molar-refractivity contribution in [3.63, 3.8) is 0 Å². The van der Waals surface area contributed by atoms with Gasteiger partial charge < -0.3 is 15.4 Å². The Morgan fingerprint density at radius 2 is 1.21 bits per heavy atom. The highest BCUT2D eigenvalue weighted by Crippen LogP contribution is 2.17. The summed E-state index contributed by atoms with van der Waals surface area (Å²) in [6, 6.07) is 20.4. The SMILES string of the molecule is COC(=O)c1ccc(C(=O)Nc2ccc(NC(=O)c3ccccc3C)cc2)cc1. The summed E-state index contributed by atoms with van der Waals surface area (Å²) in [5, 5.41) is 5.61. The van der Waals surface area contributed by atoms with Gasteiger partial charge in [0.25, 0.3) is 11.8 Å². The van der Waals surface area contributed by atoms with Crippen LogP contribution in [0, 0.1) is 6.92 Å². The van der Waals surface area contributed by atoms with Gasteiger partial charge in [-0.25, -0.2) is 4.79 Å². The van der Waals surface area contributed by atoms with Gasteiger partial charge in [0, 0.05) is 22.5 Å². The van der Waals surface area contributed by atoms with Gasteiger partial charge in [-0.05, 0) is 67.1 Å². The van der Waals surface area contributed by atoms with Crippen molar-refractivity contribution in [2.45, 2.75) is 6.92 Å². The van der Waals surface area contributed by atoms with Crippen molar-refractivity contribution in [2.24, 2.45) is 0 Å². The van der Waals surface area contributed by atoms with Crippen LogP contribution in [0.5, 0.6) is 0 Å². The van der Waals surface area contributed by atoms with E-state index < -0.39 is 5.97 Å². The van der Waals surface area contributed by atoms with Crippen LogP contribution in [0.2, 0.25) is 0 Å². The van der Waals surface area contributed by atoms with E-state index in [1.807, 2.05) is 25.1 Å². The largest absolute Gasteiger partial charge is 0.465 e. The number of carbonyl (C=O) groups excluding carboxylic acids is 3. The van der Waals surface area contributed by atoms with E-state index in [9.17, 15) is 14.4 Å². The summed E-state index contributed by atoms with van der Waals surface area (Å²) in [5.41, 5.74) is 3.50. The molecule has 0 aliphatic heterocycles. The van der Waals surface area contributed by atoms with Gasteiger partial charge in [0.05, 0.1) is 12.7 Å². The van der Waals surface area contributed by atoms with Crippen LogP contribution >= 0.6 is 0 Å². The van der Waals surface area contributed by atoms with E-state index in [1.165, 1.54) is 19.2 Å². The van der Waals surface area contributed by atoms with E-state index in [-0.39, 0.29) is 11.8 Å². The van der Waals surface area contributed by atoms with Crippen molar-refractivity contribution in [1.82, 2.24) is 0 Å². The normalized spacial score (nSPS) is 10.1. The Kier molecular flexibility index (Phi) is 6.04. The molecule has 29 heavy (non-hydrogen) atoms. The lowest BCUT2D eigenvalue weighted by molar-refractivity contribution is 0.0600. The van der Waals surface area contributed by atoms with Crippen LogP contribution in [0.25, 0.3) is 0 Å². The molecule has 2 amide bonds. The fourth-order valence-corrected chi connectivity index (χ4v) is 2.74. The average Bonchev–Trinajstić information content (AvgIpc) is 2.75. The molecule has 0 heterocycles. The Labute approximate surface area is 168 Å². The second-order valence-electron chi connectivity index (χ2n) is 6.37. The summed E-state index contributed by atoms with van der Waals surface area (Å²) in [6.07, 6.45) is 0. The van der Waals surface area contributed by atoms with Crippen molar-refractivity contribution >= 4 is 29.2 Å². The molecule has 6 nitrogen and oxygen atoms in total. The first kappa shape index (κ1) is 19.8. The highest BCUT2D eigenvalue weighted by atomic mass is 16.5. The third-order valence-electron chi connectivity index (χ3n) is 4.36. The predicted octanol–water partition coefficient (Wildman–Crippen LogP) is 4.29. The van der Waals surface area contributed by atoms with Gasteiger partial charge in [-0.15, -0.1) is 0 Å². The molecule has 2 N–H and O–H groups in total. The number of anilines is 2. The molecule has 0 bridgehead atoms. The smallest absolute Gasteiger partial charge is 0.337 e. The molecule has 0 unspecified atom stereocenters. The lowest BCUT2D eigenvalue weighted by atomic mass is 10.1. The number of nitrogens with one attached hydrogen (secondary N) is 2. The molecule has 3 rings (SSSR count). The minimum absolute atomic E-state index is 0.189. The van der Waals surface area contributed by atoms with E-state index in [2.05, 4.69) is 15.4 Å². The molecule has 6 heteroatoms. The molecule has 3 aromatic rings. The molecule has 0 radical (unpaired) electrons. The van der Waals surface area contributed by atoms with E-state index in [0.717, 1.165) is 5.56 Å². The number of esters is 1. The first-order valence-electron chi connectivity index (χ1n) is 8.94. The molecule has 3 aromatic carbocycles. The Morgan fingerprint density at radius 1 is 0.690 bits per heavy atom. The Hall–Kier alpha value is -3.93. The summed E-state index contributed by atoms with van der Waals surface area (Å²) in [6.45, 7) is 1.88. The third-order valence-corrected chi connectivity index (χ3v) is 4.36. The lowest BCUT2D eigenvalue weighted by Crippen LogP contribution is -2.14. The van der Waals surface area contributed by atoms with Crippen LogP contribution in [0.3, 0.4) is 0 Å². The molecular weight excluding hydrogens is 368 g/mol. The second kappa shape index (κ2) is 8.84. The van der Waals surface area contributed by atoms with Crippen LogP contribution in [-0.2, 0) is 4.74 Å². The van der Waals surface area contributed by atoms with E-state index in [4.69, 9.17) is 0 Å². The molecular formula is C23H20N2O4. The molecule has 0 aliphatic carbocycles. The van der Waals surface area contributed by atoms with Gasteiger partial charge >= 0.3 is 5.97 Å². The van der Waals surface area contributed by atoms with Crippen LogP contribution in [0.4, 0.5) is 11.4 Å². The molecule has 0 aromatic heterocycles. The number of amides is 2. The van der Waals surface area contributed by atoms with Gasteiger partial charge in [-0.2, -0.15) is 0 Å². The lowest BCUT2D eigenvalue weighted by Gasteiger charge is -2.09. The number of ether oxygens (including phenoxy) is 1. The van der Waals surface area contributed by atoms with Crippen molar-refractivity contribution in [1.29, 1.82) is 0 Å². The highest BCUT2D eigenvalue weighted by Gasteiger charge is 2.11. The quantitative estimate of drug-likeness (QED) is 0.639. The van der Waals surface area contributed by atoms with Gasteiger partial charge in [0.15, 0.2) is 0 Å². The van der Waals surface area contributed by atoms with E-state index in [1.54, 1.807) is 42.5 Å². The topological polar surface area (TPSA) is 84.5 Å². The number of benzene rings is 3. The number of hydrogen-bond donors (Lipinski definition) is 2. The molecule has 0 spiro atoms. The van der Waals surface area contributed by atoms with Crippen LogP contribution in [-0.4, -0.2) is 24.9 Å². The molecule has 0 fully saturated rings.